The van der Waals surface area contributed by atoms with E-state index in [1.54, 1.807) is 24.3 Å². The summed E-state index contributed by atoms with van der Waals surface area (Å²) in [7, 11) is -4.00. The fraction of sp³-hybridized carbons (Fsp3) is 0.0952. The van der Waals surface area contributed by atoms with Gasteiger partial charge >= 0.3 is 0 Å². The van der Waals surface area contributed by atoms with Gasteiger partial charge in [-0.3, -0.25) is 4.79 Å². The van der Waals surface area contributed by atoms with E-state index in [0.29, 0.717) is 17.2 Å². The number of sulfonamides is 1. The molecule has 0 radical (unpaired) electrons. The number of halogens is 3. The third-order valence-corrected chi connectivity index (χ3v) is 5.65. The fourth-order valence-corrected chi connectivity index (χ4v) is 3.60. The van der Waals surface area contributed by atoms with Crippen LogP contribution in [-0.2, 0) is 23.1 Å². The molecule has 0 aliphatic rings. The van der Waals surface area contributed by atoms with Crippen LogP contribution in [-0.4, -0.2) is 14.3 Å². The van der Waals surface area contributed by atoms with Crippen molar-refractivity contribution in [2.45, 2.75) is 18.0 Å². The highest BCUT2D eigenvalue weighted by molar-refractivity contribution is 7.89. The van der Waals surface area contributed by atoms with E-state index in [1.807, 2.05) is 0 Å². The number of hydrogen-bond donors (Lipinski definition) is 2. The minimum atomic E-state index is -4.00. The Balaban J connectivity index is 1.55. The summed E-state index contributed by atoms with van der Waals surface area (Å²) in [6.45, 7) is 0.181. The molecular weight excluding hydrogens is 417 g/mol. The molecule has 0 aromatic heterocycles. The number of nitrogens with one attached hydrogen (secondary N) is 2. The molecule has 0 spiro atoms. The lowest BCUT2D eigenvalue weighted by atomic mass is 10.1. The fourth-order valence-electron chi connectivity index (χ4n) is 2.57. The second-order valence-electron chi connectivity index (χ2n) is 6.41. The lowest BCUT2D eigenvalue weighted by Gasteiger charge is -2.09. The molecule has 5 nitrogen and oxygen atoms in total. The van der Waals surface area contributed by atoms with Gasteiger partial charge < -0.3 is 5.32 Å². The predicted molar refractivity (Wildman–Crippen MR) is 104 cm³/mol. The molecular formula is C21H17F3N2O3S. The quantitative estimate of drug-likeness (QED) is 0.598. The summed E-state index contributed by atoms with van der Waals surface area (Å²) in [5, 5.41) is 2.70. The molecule has 0 aliphatic carbocycles. The number of carbonyl (C=O) groups is 1. The monoisotopic (exact) mass is 434 g/mol. The number of hydrogen-bond acceptors (Lipinski definition) is 3. The molecule has 0 fully saturated rings. The highest BCUT2D eigenvalue weighted by atomic mass is 32.2. The molecule has 0 saturated heterocycles. The first-order chi connectivity index (χ1) is 14.2. The van der Waals surface area contributed by atoms with Crippen LogP contribution in [0.3, 0.4) is 0 Å². The van der Waals surface area contributed by atoms with E-state index in [2.05, 4.69) is 10.0 Å². The summed E-state index contributed by atoms with van der Waals surface area (Å²) in [4.78, 5) is 11.7. The van der Waals surface area contributed by atoms with E-state index in [9.17, 15) is 26.4 Å². The van der Waals surface area contributed by atoms with E-state index < -0.39 is 27.5 Å². The highest BCUT2D eigenvalue weighted by Gasteiger charge is 2.16. The zero-order chi connectivity index (χ0) is 21.7. The maximum absolute atomic E-state index is 13.3. The normalized spacial score (nSPS) is 11.3. The van der Waals surface area contributed by atoms with E-state index >= 15 is 0 Å². The Kier molecular flexibility index (Phi) is 6.53. The summed E-state index contributed by atoms with van der Waals surface area (Å²) < 4.78 is 65.8. The third-order valence-electron chi connectivity index (χ3n) is 4.25. The molecule has 3 aromatic rings. The summed E-state index contributed by atoms with van der Waals surface area (Å²) >= 11 is 0. The standard InChI is InChI=1S/C21H17F3N2O3S/c22-17-7-5-16(6-8-17)21(27)25-12-14-1-3-15(4-2-14)13-26-30(28,29)18-9-10-19(23)20(24)11-18/h1-11,26H,12-13H2,(H,25,27). The smallest absolute Gasteiger partial charge is 0.251 e. The van der Waals surface area contributed by atoms with Crippen molar-refractivity contribution in [3.63, 3.8) is 0 Å². The molecule has 3 rings (SSSR count). The van der Waals surface area contributed by atoms with Gasteiger partial charge in [-0.2, -0.15) is 0 Å². The van der Waals surface area contributed by atoms with E-state index in [-0.39, 0.29) is 23.9 Å². The molecule has 30 heavy (non-hydrogen) atoms. The lowest BCUT2D eigenvalue weighted by molar-refractivity contribution is 0.0951. The molecule has 156 valence electrons. The number of rotatable bonds is 7. The van der Waals surface area contributed by atoms with Crippen LogP contribution in [0.1, 0.15) is 21.5 Å². The highest BCUT2D eigenvalue weighted by Crippen LogP contribution is 2.14. The minimum absolute atomic E-state index is 0.0520. The summed E-state index contributed by atoms with van der Waals surface area (Å²) in [6.07, 6.45) is 0. The Labute approximate surface area is 171 Å². The van der Waals surface area contributed by atoms with Crippen molar-refractivity contribution in [1.29, 1.82) is 0 Å². The van der Waals surface area contributed by atoms with Gasteiger partial charge in [-0.05, 0) is 53.6 Å². The van der Waals surface area contributed by atoms with Crippen molar-refractivity contribution in [3.8, 4) is 0 Å². The van der Waals surface area contributed by atoms with Crippen molar-refractivity contribution >= 4 is 15.9 Å². The van der Waals surface area contributed by atoms with Gasteiger partial charge in [-0.15, -0.1) is 0 Å². The van der Waals surface area contributed by atoms with E-state index in [1.165, 1.54) is 24.3 Å². The molecule has 9 heteroatoms. The first-order valence-electron chi connectivity index (χ1n) is 8.81. The Hall–Kier alpha value is -3.17. The lowest BCUT2D eigenvalue weighted by Crippen LogP contribution is -2.24. The molecule has 2 N–H and O–H groups in total. The van der Waals surface area contributed by atoms with Gasteiger partial charge in [-0.1, -0.05) is 24.3 Å². The zero-order valence-electron chi connectivity index (χ0n) is 15.5. The van der Waals surface area contributed by atoms with Gasteiger partial charge in [0.25, 0.3) is 5.91 Å². The van der Waals surface area contributed by atoms with Gasteiger partial charge in [0, 0.05) is 18.7 Å². The Morgan fingerprint density at radius 3 is 1.97 bits per heavy atom. The number of amides is 1. The molecule has 0 unspecified atom stereocenters. The van der Waals surface area contributed by atoms with Crippen LogP contribution in [0, 0.1) is 17.5 Å². The Morgan fingerprint density at radius 1 is 0.767 bits per heavy atom. The van der Waals surface area contributed by atoms with Crippen molar-refractivity contribution in [1.82, 2.24) is 10.0 Å². The van der Waals surface area contributed by atoms with Crippen LogP contribution in [0.15, 0.2) is 71.6 Å². The van der Waals surface area contributed by atoms with Crippen LogP contribution in [0.5, 0.6) is 0 Å². The first kappa shape index (κ1) is 21.5. The summed E-state index contributed by atoms with van der Waals surface area (Å²) in [5.74, 6) is -3.15. The average molecular weight is 434 g/mol. The van der Waals surface area contributed by atoms with Crippen LogP contribution in [0.4, 0.5) is 13.2 Å². The zero-order valence-corrected chi connectivity index (χ0v) is 16.3. The van der Waals surface area contributed by atoms with Crippen molar-refractivity contribution < 1.29 is 26.4 Å². The molecule has 3 aromatic carbocycles. The molecule has 0 heterocycles. The van der Waals surface area contributed by atoms with Crippen LogP contribution in [0.2, 0.25) is 0 Å². The SMILES string of the molecule is O=C(NCc1ccc(CNS(=O)(=O)c2ccc(F)c(F)c2)cc1)c1ccc(F)cc1. The van der Waals surface area contributed by atoms with Crippen LogP contribution in [0.25, 0.3) is 0 Å². The van der Waals surface area contributed by atoms with Crippen LogP contribution < -0.4 is 10.0 Å². The molecule has 0 aliphatic heterocycles. The van der Waals surface area contributed by atoms with Crippen molar-refractivity contribution in [3.05, 3.63) is 101 Å². The maximum Gasteiger partial charge on any atom is 0.251 e. The first-order valence-corrected chi connectivity index (χ1v) is 10.3. The van der Waals surface area contributed by atoms with Crippen molar-refractivity contribution in [2.75, 3.05) is 0 Å². The summed E-state index contributed by atoms with van der Waals surface area (Å²) in [5.41, 5.74) is 1.74. The number of carbonyl (C=O) groups excluding carboxylic acids is 1. The Bertz CT molecular complexity index is 1150. The largest absolute Gasteiger partial charge is 0.348 e. The van der Waals surface area contributed by atoms with Gasteiger partial charge in [0.1, 0.15) is 5.82 Å². The van der Waals surface area contributed by atoms with Crippen molar-refractivity contribution in [2.24, 2.45) is 0 Å². The Morgan fingerprint density at radius 2 is 1.37 bits per heavy atom. The molecule has 0 atom stereocenters. The topological polar surface area (TPSA) is 75.3 Å². The second kappa shape index (κ2) is 9.10. The average Bonchev–Trinajstić information content (AvgIpc) is 2.73. The molecule has 1 amide bonds. The van der Waals surface area contributed by atoms with Gasteiger partial charge in [0.2, 0.25) is 10.0 Å². The van der Waals surface area contributed by atoms with Gasteiger partial charge in [-0.25, -0.2) is 26.3 Å². The minimum Gasteiger partial charge on any atom is -0.348 e. The van der Waals surface area contributed by atoms with Gasteiger partial charge in [0.05, 0.1) is 4.90 Å². The molecule has 0 bridgehead atoms. The van der Waals surface area contributed by atoms with E-state index in [4.69, 9.17) is 0 Å². The maximum atomic E-state index is 13.3. The third kappa shape index (κ3) is 5.46. The number of benzene rings is 3. The van der Waals surface area contributed by atoms with Crippen LogP contribution >= 0.6 is 0 Å². The predicted octanol–water partition coefficient (Wildman–Crippen LogP) is 3.51. The van der Waals surface area contributed by atoms with E-state index in [0.717, 1.165) is 17.7 Å². The summed E-state index contributed by atoms with van der Waals surface area (Å²) in [6, 6.07) is 14.3. The molecule has 0 saturated carbocycles. The van der Waals surface area contributed by atoms with Gasteiger partial charge in [0.15, 0.2) is 11.6 Å². The second-order valence-corrected chi connectivity index (χ2v) is 8.17.